The molecule has 1 heterocycles. The van der Waals surface area contributed by atoms with Gasteiger partial charge in [0.2, 0.25) is 0 Å². The van der Waals surface area contributed by atoms with Crippen LogP contribution in [0.15, 0.2) is 24.3 Å². The summed E-state index contributed by atoms with van der Waals surface area (Å²) < 4.78 is 30.3. The first-order valence-corrected chi connectivity index (χ1v) is 7.51. The molecule has 4 nitrogen and oxygen atoms in total. The molecule has 3 rings (SSSR count). The largest absolute Gasteiger partial charge is 0.434 e. The first-order chi connectivity index (χ1) is 10.1. The molecule has 7 heteroatoms. The number of anilines is 1. The highest BCUT2D eigenvalue weighted by molar-refractivity contribution is 14.1. The fourth-order valence-corrected chi connectivity index (χ4v) is 2.76. The fourth-order valence-electron chi connectivity index (χ4n) is 2.08. The molecular weight excluding hydrogens is 391 g/mol. The van der Waals surface area contributed by atoms with Gasteiger partial charge in [0.1, 0.15) is 11.6 Å². The number of para-hydroxylation sites is 1. The number of nitrogens with two attached hydrogens (primary N) is 1. The summed E-state index contributed by atoms with van der Waals surface area (Å²) in [5.74, 6) is 1.14. The van der Waals surface area contributed by atoms with Gasteiger partial charge in [-0.25, -0.2) is 9.97 Å². The molecule has 0 amide bonds. The molecule has 110 valence electrons. The Balaban J connectivity index is 2.08. The number of hydrogen-bond donors (Lipinski definition) is 1. The van der Waals surface area contributed by atoms with Gasteiger partial charge < -0.3 is 10.5 Å². The zero-order valence-corrected chi connectivity index (χ0v) is 13.0. The molecule has 0 saturated heterocycles. The highest BCUT2D eigenvalue weighted by Crippen LogP contribution is 2.43. The zero-order valence-electron chi connectivity index (χ0n) is 10.9. The van der Waals surface area contributed by atoms with Crippen molar-refractivity contribution in [2.45, 2.75) is 25.4 Å². The summed E-state index contributed by atoms with van der Waals surface area (Å²) in [5.41, 5.74) is 7.24. The van der Waals surface area contributed by atoms with Crippen molar-refractivity contribution in [3.8, 4) is 17.1 Å². The maximum absolute atomic E-state index is 12.5. The van der Waals surface area contributed by atoms with Crippen LogP contribution in [-0.2, 0) is 0 Å². The van der Waals surface area contributed by atoms with Crippen LogP contribution < -0.4 is 10.5 Å². The van der Waals surface area contributed by atoms with Crippen LogP contribution in [0.25, 0.3) is 11.4 Å². The molecular formula is C14H12F2IN3O. The number of aromatic nitrogens is 2. The lowest BCUT2D eigenvalue weighted by Gasteiger charge is -2.12. The van der Waals surface area contributed by atoms with Gasteiger partial charge in [-0.3, -0.25) is 0 Å². The van der Waals surface area contributed by atoms with E-state index in [9.17, 15) is 8.78 Å². The van der Waals surface area contributed by atoms with E-state index in [1.807, 2.05) is 0 Å². The molecule has 1 saturated carbocycles. The van der Waals surface area contributed by atoms with Crippen LogP contribution in [0, 0.1) is 3.57 Å². The minimum absolute atomic E-state index is 0.0508. The Hall–Kier alpha value is -1.51. The minimum atomic E-state index is -2.89. The molecule has 21 heavy (non-hydrogen) atoms. The number of rotatable bonds is 4. The predicted octanol–water partition coefficient (Wildman–Crippen LogP) is 3.81. The number of alkyl halides is 2. The Kier molecular flexibility index (Phi) is 3.92. The second kappa shape index (κ2) is 5.70. The van der Waals surface area contributed by atoms with Crippen LogP contribution in [0.2, 0.25) is 0 Å². The van der Waals surface area contributed by atoms with E-state index in [4.69, 9.17) is 5.73 Å². The van der Waals surface area contributed by atoms with Gasteiger partial charge in [0.05, 0.1) is 14.8 Å². The van der Waals surface area contributed by atoms with Crippen LogP contribution >= 0.6 is 22.6 Å². The van der Waals surface area contributed by atoms with Gasteiger partial charge in [-0.2, -0.15) is 8.78 Å². The molecule has 0 unspecified atom stereocenters. The van der Waals surface area contributed by atoms with Crippen LogP contribution in [-0.4, -0.2) is 16.6 Å². The molecule has 2 aromatic rings. The molecule has 1 aromatic carbocycles. The maximum atomic E-state index is 12.5. The van der Waals surface area contributed by atoms with Gasteiger partial charge in [-0.1, -0.05) is 12.1 Å². The van der Waals surface area contributed by atoms with Gasteiger partial charge in [-0.15, -0.1) is 0 Å². The summed E-state index contributed by atoms with van der Waals surface area (Å²) in [6.07, 6.45) is 2.14. The molecule has 0 radical (unpaired) electrons. The maximum Gasteiger partial charge on any atom is 0.387 e. The second-order valence-corrected chi connectivity index (χ2v) is 5.86. The molecule has 1 aromatic heterocycles. The van der Waals surface area contributed by atoms with E-state index >= 15 is 0 Å². The highest BCUT2D eigenvalue weighted by atomic mass is 127. The summed E-state index contributed by atoms with van der Waals surface area (Å²) in [6, 6.07) is 6.47. The molecule has 1 aliphatic rings. The monoisotopic (exact) mass is 403 g/mol. The van der Waals surface area contributed by atoms with E-state index in [0.29, 0.717) is 23.1 Å². The van der Waals surface area contributed by atoms with E-state index in [1.54, 1.807) is 18.2 Å². The molecule has 2 N–H and O–H groups in total. The highest BCUT2D eigenvalue weighted by Gasteiger charge is 2.29. The van der Waals surface area contributed by atoms with Gasteiger partial charge in [0, 0.05) is 5.92 Å². The molecule has 0 atom stereocenters. The number of nitrogens with zero attached hydrogens (tertiary/aromatic N) is 2. The van der Waals surface area contributed by atoms with Crippen LogP contribution in [0.5, 0.6) is 5.75 Å². The topological polar surface area (TPSA) is 61.0 Å². The third kappa shape index (κ3) is 3.07. The molecule has 1 aliphatic carbocycles. The Labute approximate surface area is 133 Å². The molecule has 0 aliphatic heterocycles. The van der Waals surface area contributed by atoms with Crippen molar-refractivity contribution in [3.63, 3.8) is 0 Å². The Morgan fingerprint density at radius 3 is 2.62 bits per heavy atom. The van der Waals surface area contributed by atoms with Crippen LogP contribution in [0.3, 0.4) is 0 Å². The lowest BCUT2D eigenvalue weighted by atomic mass is 10.1. The van der Waals surface area contributed by atoms with E-state index in [-0.39, 0.29) is 5.75 Å². The summed E-state index contributed by atoms with van der Waals surface area (Å²) in [4.78, 5) is 8.73. The first kappa shape index (κ1) is 14.4. The standard InChI is InChI=1S/C14H12F2IN3O/c15-14(16)21-9-4-2-1-3-8(9)13-19-11(7-5-6-7)10(17)12(18)20-13/h1-4,7,14H,5-6H2,(H2,18,19,20). The minimum Gasteiger partial charge on any atom is -0.434 e. The van der Waals surface area contributed by atoms with Crippen molar-refractivity contribution in [3.05, 3.63) is 33.5 Å². The van der Waals surface area contributed by atoms with Gasteiger partial charge in [-0.05, 0) is 47.6 Å². The Morgan fingerprint density at radius 2 is 1.95 bits per heavy atom. The van der Waals surface area contributed by atoms with Crippen molar-refractivity contribution in [1.82, 2.24) is 9.97 Å². The van der Waals surface area contributed by atoms with Crippen LogP contribution in [0.1, 0.15) is 24.5 Å². The zero-order chi connectivity index (χ0) is 15.0. The number of hydrogen-bond acceptors (Lipinski definition) is 4. The predicted molar refractivity (Wildman–Crippen MR) is 83.2 cm³/mol. The van der Waals surface area contributed by atoms with Crippen molar-refractivity contribution >= 4 is 28.4 Å². The van der Waals surface area contributed by atoms with Crippen molar-refractivity contribution in [2.75, 3.05) is 5.73 Å². The third-order valence-corrected chi connectivity index (χ3v) is 4.32. The normalized spacial score (nSPS) is 14.5. The lowest BCUT2D eigenvalue weighted by molar-refractivity contribution is -0.0494. The summed E-state index contributed by atoms with van der Waals surface area (Å²) >= 11 is 2.12. The SMILES string of the molecule is Nc1nc(-c2ccccc2OC(F)F)nc(C2CC2)c1I. The lowest BCUT2D eigenvalue weighted by Crippen LogP contribution is -2.07. The van der Waals surface area contributed by atoms with Gasteiger partial charge >= 0.3 is 6.61 Å². The third-order valence-electron chi connectivity index (χ3n) is 3.21. The Morgan fingerprint density at radius 1 is 1.24 bits per heavy atom. The average molecular weight is 403 g/mol. The number of nitrogen functional groups attached to an aromatic ring is 1. The van der Waals surface area contributed by atoms with Crippen molar-refractivity contribution < 1.29 is 13.5 Å². The van der Waals surface area contributed by atoms with Gasteiger partial charge in [0.15, 0.2) is 5.82 Å². The van der Waals surface area contributed by atoms with E-state index in [0.717, 1.165) is 22.1 Å². The second-order valence-electron chi connectivity index (χ2n) is 4.78. The van der Waals surface area contributed by atoms with Crippen LogP contribution in [0.4, 0.5) is 14.6 Å². The van der Waals surface area contributed by atoms with E-state index in [1.165, 1.54) is 6.07 Å². The Bertz CT molecular complexity index is 677. The molecule has 0 spiro atoms. The molecule has 1 fully saturated rings. The average Bonchev–Trinajstić information content (AvgIpc) is 3.26. The van der Waals surface area contributed by atoms with Crippen molar-refractivity contribution in [2.24, 2.45) is 0 Å². The summed E-state index contributed by atoms with van der Waals surface area (Å²) in [7, 11) is 0. The number of ether oxygens (including phenoxy) is 1. The van der Waals surface area contributed by atoms with Crippen molar-refractivity contribution in [1.29, 1.82) is 0 Å². The van der Waals surface area contributed by atoms with Gasteiger partial charge in [0.25, 0.3) is 0 Å². The quantitative estimate of drug-likeness (QED) is 0.789. The number of benzene rings is 1. The smallest absolute Gasteiger partial charge is 0.387 e. The van der Waals surface area contributed by atoms with E-state index in [2.05, 4.69) is 37.3 Å². The number of halogens is 3. The fraction of sp³-hybridized carbons (Fsp3) is 0.286. The first-order valence-electron chi connectivity index (χ1n) is 6.43. The molecule has 0 bridgehead atoms. The van der Waals surface area contributed by atoms with E-state index < -0.39 is 6.61 Å². The summed E-state index contributed by atoms with van der Waals surface area (Å²) in [6.45, 7) is -2.89. The summed E-state index contributed by atoms with van der Waals surface area (Å²) in [5, 5.41) is 0.